The molecule has 0 aromatic heterocycles. The number of ether oxygens (including phenoxy) is 2. The Labute approximate surface area is 137 Å². The number of carbonyl (C=O) groups excluding carboxylic acids is 1. The molecule has 0 saturated carbocycles. The Kier molecular flexibility index (Phi) is 5.63. The number of nitrogens with one attached hydrogen (secondary N) is 1. The second-order valence-corrected chi connectivity index (χ2v) is 5.43. The molecule has 0 radical (unpaired) electrons. The van der Waals surface area contributed by atoms with E-state index in [1.807, 2.05) is 24.3 Å². The van der Waals surface area contributed by atoms with Gasteiger partial charge in [0.2, 0.25) is 0 Å². The predicted molar refractivity (Wildman–Crippen MR) is 92.6 cm³/mol. The van der Waals surface area contributed by atoms with Crippen molar-refractivity contribution in [3.8, 4) is 11.5 Å². The fourth-order valence-corrected chi connectivity index (χ4v) is 2.40. The molecule has 0 aliphatic carbocycles. The maximum atomic E-state index is 12.5. The number of anilines is 1. The van der Waals surface area contributed by atoms with Crippen LogP contribution in [0, 0.1) is 0 Å². The van der Waals surface area contributed by atoms with Gasteiger partial charge in [0.1, 0.15) is 0 Å². The highest BCUT2D eigenvalue weighted by atomic mass is 16.5. The van der Waals surface area contributed by atoms with Crippen molar-refractivity contribution in [2.45, 2.75) is 26.2 Å². The molecule has 122 valence electrons. The summed E-state index contributed by atoms with van der Waals surface area (Å²) in [7, 11) is 3.07. The van der Waals surface area contributed by atoms with Gasteiger partial charge in [0.05, 0.1) is 19.8 Å². The van der Waals surface area contributed by atoms with Gasteiger partial charge in [-0.2, -0.15) is 0 Å². The molecule has 0 aliphatic rings. The van der Waals surface area contributed by atoms with Gasteiger partial charge in [0, 0.05) is 5.69 Å². The summed E-state index contributed by atoms with van der Waals surface area (Å²) in [4.78, 5) is 12.5. The van der Waals surface area contributed by atoms with Gasteiger partial charge in [-0.1, -0.05) is 32.0 Å². The Hall–Kier alpha value is -2.49. The Morgan fingerprint density at radius 2 is 1.78 bits per heavy atom. The number of benzene rings is 2. The van der Waals surface area contributed by atoms with Crippen molar-refractivity contribution in [3.63, 3.8) is 0 Å². The summed E-state index contributed by atoms with van der Waals surface area (Å²) in [6.45, 7) is 4.35. The number of amides is 1. The summed E-state index contributed by atoms with van der Waals surface area (Å²) >= 11 is 0. The van der Waals surface area contributed by atoms with E-state index in [1.165, 1.54) is 12.7 Å². The lowest BCUT2D eigenvalue weighted by atomic mass is 9.98. The average molecular weight is 313 g/mol. The molecule has 0 fully saturated rings. The number of para-hydroxylation sites is 1. The molecule has 1 N–H and O–H groups in total. The van der Waals surface area contributed by atoms with E-state index in [2.05, 4.69) is 19.2 Å². The third-order valence-electron chi connectivity index (χ3n) is 4.00. The summed E-state index contributed by atoms with van der Waals surface area (Å²) in [5, 5.41) is 2.89. The van der Waals surface area contributed by atoms with Crippen molar-refractivity contribution >= 4 is 11.6 Å². The van der Waals surface area contributed by atoms with Crippen LogP contribution in [0.25, 0.3) is 0 Å². The quantitative estimate of drug-likeness (QED) is 0.856. The van der Waals surface area contributed by atoms with Crippen LogP contribution in [0.5, 0.6) is 11.5 Å². The van der Waals surface area contributed by atoms with Crippen molar-refractivity contribution < 1.29 is 14.3 Å². The summed E-state index contributed by atoms with van der Waals surface area (Å²) in [5.74, 6) is 1.26. The first-order valence-electron chi connectivity index (χ1n) is 7.73. The van der Waals surface area contributed by atoms with Crippen LogP contribution >= 0.6 is 0 Å². The van der Waals surface area contributed by atoms with Crippen molar-refractivity contribution in [1.82, 2.24) is 0 Å². The molecule has 4 nitrogen and oxygen atoms in total. The van der Waals surface area contributed by atoms with E-state index in [1.54, 1.807) is 25.3 Å². The molecule has 2 rings (SSSR count). The predicted octanol–water partition coefficient (Wildman–Crippen LogP) is 4.47. The molecule has 4 heteroatoms. The van der Waals surface area contributed by atoms with Crippen molar-refractivity contribution in [2.24, 2.45) is 0 Å². The standard InChI is InChI=1S/C19H23NO3/c1-5-13(2)14-9-11-15(12-10-14)20-19(21)16-7-6-8-17(22-3)18(16)23-4/h6-13H,5H2,1-4H3,(H,20,21)/t13-/m0/s1. The van der Waals surface area contributed by atoms with Crippen molar-refractivity contribution in [2.75, 3.05) is 19.5 Å². The fraction of sp³-hybridized carbons (Fsp3) is 0.316. The van der Waals surface area contributed by atoms with Gasteiger partial charge in [-0.3, -0.25) is 4.79 Å². The second kappa shape index (κ2) is 7.68. The zero-order valence-electron chi connectivity index (χ0n) is 14.1. The van der Waals surface area contributed by atoms with Crippen LogP contribution in [0.15, 0.2) is 42.5 Å². The highest BCUT2D eigenvalue weighted by Gasteiger charge is 2.16. The molecule has 23 heavy (non-hydrogen) atoms. The third-order valence-corrected chi connectivity index (χ3v) is 4.00. The highest BCUT2D eigenvalue weighted by molar-refractivity contribution is 6.06. The SMILES string of the molecule is CC[C@H](C)c1ccc(NC(=O)c2cccc(OC)c2OC)cc1. The molecule has 2 aromatic carbocycles. The molecule has 0 bridgehead atoms. The smallest absolute Gasteiger partial charge is 0.259 e. The monoisotopic (exact) mass is 313 g/mol. The Bertz CT molecular complexity index is 665. The van der Waals surface area contributed by atoms with Crippen LogP contribution in [0.1, 0.15) is 42.1 Å². The Morgan fingerprint density at radius 3 is 2.35 bits per heavy atom. The van der Waals surface area contributed by atoms with E-state index in [0.717, 1.165) is 12.1 Å². The Balaban J connectivity index is 2.19. The number of hydrogen-bond donors (Lipinski definition) is 1. The molecule has 0 unspecified atom stereocenters. The molecule has 1 atom stereocenters. The highest BCUT2D eigenvalue weighted by Crippen LogP contribution is 2.31. The van der Waals surface area contributed by atoms with Crippen molar-refractivity contribution in [1.29, 1.82) is 0 Å². The van der Waals surface area contributed by atoms with Crippen LogP contribution in [-0.4, -0.2) is 20.1 Å². The van der Waals surface area contributed by atoms with Gasteiger partial charge in [-0.05, 0) is 42.2 Å². The molecular formula is C19H23NO3. The molecule has 0 heterocycles. The molecule has 0 saturated heterocycles. The normalized spacial score (nSPS) is 11.7. The molecular weight excluding hydrogens is 290 g/mol. The van der Waals surface area contributed by atoms with E-state index >= 15 is 0 Å². The van der Waals surface area contributed by atoms with E-state index in [0.29, 0.717) is 23.0 Å². The van der Waals surface area contributed by atoms with Crippen molar-refractivity contribution in [3.05, 3.63) is 53.6 Å². The summed E-state index contributed by atoms with van der Waals surface area (Å²) in [6.07, 6.45) is 1.09. The van der Waals surface area contributed by atoms with E-state index in [4.69, 9.17) is 9.47 Å². The van der Waals surface area contributed by atoms with Crippen LogP contribution in [0.2, 0.25) is 0 Å². The van der Waals surface area contributed by atoms with Gasteiger partial charge in [-0.15, -0.1) is 0 Å². The molecule has 0 spiro atoms. The van der Waals surface area contributed by atoms with E-state index < -0.39 is 0 Å². The minimum Gasteiger partial charge on any atom is -0.493 e. The first kappa shape index (κ1) is 16.9. The second-order valence-electron chi connectivity index (χ2n) is 5.43. The minimum absolute atomic E-state index is 0.225. The fourth-order valence-electron chi connectivity index (χ4n) is 2.40. The summed E-state index contributed by atoms with van der Waals surface area (Å²) in [5.41, 5.74) is 2.47. The van der Waals surface area contributed by atoms with Gasteiger partial charge in [0.25, 0.3) is 5.91 Å². The maximum Gasteiger partial charge on any atom is 0.259 e. The average Bonchev–Trinajstić information content (AvgIpc) is 2.60. The number of hydrogen-bond acceptors (Lipinski definition) is 3. The van der Waals surface area contributed by atoms with E-state index in [-0.39, 0.29) is 5.91 Å². The zero-order valence-corrected chi connectivity index (χ0v) is 14.1. The molecule has 2 aromatic rings. The van der Waals surface area contributed by atoms with Crippen LogP contribution in [0.4, 0.5) is 5.69 Å². The van der Waals surface area contributed by atoms with Gasteiger partial charge in [0.15, 0.2) is 11.5 Å². The van der Waals surface area contributed by atoms with Gasteiger partial charge in [-0.25, -0.2) is 0 Å². The third kappa shape index (κ3) is 3.83. The van der Waals surface area contributed by atoms with Gasteiger partial charge < -0.3 is 14.8 Å². The Morgan fingerprint density at radius 1 is 1.09 bits per heavy atom. The number of methoxy groups -OCH3 is 2. The summed E-state index contributed by atoms with van der Waals surface area (Å²) in [6, 6.07) is 13.2. The minimum atomic E-state index is -0.225. The largest absolute Gasteiger partial charge is 0.493 e. The topological polar surface area (TPSA) is 47.6 Å². The molecule has 1 amide bonds. The number of rotatable bonds is 6. The van der Waals surface area contributed by atoms with Crippen LogP contribution in [0.3, 0.4) is 0 Å². The lowest BCUT2D eigenvalue weighted by Gasteiger charge is -2.13. The lowest BCUT2D eigenvalue weighted by Crippen LogP contribution is -2.13. The van der Waals surface area contributed by atoms with Crippen LogP contribution in [-0.2, 0) is 0 Å². The van der Waals surface area contributed by atoms with Gasteiger partial charge >= 0.3 is 0 Å². The summed E-state index contributed by atoms with van der Waals surface area (Å²) < 4.78 is 10.5. The van der Waals surface area contributed by atoms with Crippen LogP contribution < -0.4 is 14.8 Å². The van der Waals surface area contributed by atoms with E-state index in [9.17, 15) is 4.79 Å². The zero-order chi connectivity index (χ0) is 16.8. The first-order chi connectivity index (χ1) is 11.1. The first-order valence-corrected chi connectivity index (χ1v) is 7.73. The number of carbonyl (C=O) groups is 1. The maximum absolute atomic E-state index is 12.5. The lowest BCUT2D eigenvalue weighted by molar-refractivity contribution is 0.102. The molecule has 0 aliphatic heterocycles.